The molecule has 1 unspecified atom stereocenters. The van der Waals surface area contributed by atoms with Gasteiger partial charge in [-0.15, -0.1) is 0 Å². The lowest BCUT2D eigenvalue weighted by Gasteiger charge is -1.96. The summed E-state index contributed by atoms with van der Waals surface area (Å²) in [7, 11) is 0. The SMILES string of the molecule is BrCC1CCOO1. The molecule has 1 aliphatic heterocycles. The van der Waals surface area contributed by atoms with Gasteiger partial charge in [0.05, 0.1) is 6.61 Å². The standard InChI is InChI=1S/C4H7BrO2/c5-3-4-1-2-6-7-4/h4H,1-3H2. The van der Waals surface area contributed by atoms with Gasteiger partial charge in [0, 0.05) is 11.8 Å². The van der Waals surface area contributed by atoms with Crippen LogP contribution in [0.2, 0.25) is 0 Å². The molecule has 0 spiro atoms. The van der Waals surface area contributed by atoms with Crippen molar-refractivity contribution < 1.29 is 9.78 Å². The summed E-state index contributed by atoms with van der Waals surface area (Å²) in [6, 6.07) is 0. The Morgan fingerprint density at radius 1 is 1.71 bits per heavy atom. The van der Waals surface area contributed by atoms with E-state index >= 15 is 0 Å². The summed E-state index contributed by atoms with van der Waals surface area (Å²) < 4.78 is 0. The minimum absolute atomic E-state index is 0.292. The number of hydrogen-bond donors (Lipinski definition) is 0. The van der Waals surface area contributed by atoms with Crippen molar-refractivity contribution in [1.82, 2.24) is 0 Å². The van der Waals surface area contributed by atoms with E-state index in [1.807, 2.05) is 0 Å². The molecule has 0 bridgehead atoms. The van der Waals surface area contributed by atoms with E-state index in [9.17, 15) is 0 Å². The first-order chi connectivity index (χ1) is 3.43. The van der Waals surface area contributed by atoms with Crippen LogP contribution in [0.1, 0.15) is 6.42 Å². The Bertz CT molecular complexity index is 51.7. The maximum absolute atomic E-state index is 4.76. The van der Waals surface area contributed by atoms with Crippen LogP contribution < -0.4 is 0 Å². The Morgan fingerprint density at radius 3 is 2.86 bits per heavy atom. The Kier molecular flexibility index (Phi) is 2.09. The first kappa shape index (κ1) is 5.54. The second-order valence-corrected chi connectivity index (χ2v) is 2.13. The predicted octanol–water partition coefficient (Wildman–Crippen LogP) is 1.10. The summed E-state index contributed by atoms with van der Waals surface area (Å²) in [5.74, 6) is 0. The lowest BCUT2D eigenvalue weighted by Crippen LogP contribution is -2.04. The summed E-state index contributed by atoms with van der Waals surface area (Å²) in [5, 5.41) is 0.882. The van der Waals surface area contributed by atoms with Gasteiger partial charge >= 0.3 is 0 Å². The predicted molar refractivity (Wildman–Crippen MR) is 29.2 cm³/mol. The van der Waals surface area contributed by atoms with E-state index in [4.69, 9.17) is 4.89 Å². The molecule has 0 aromatic rings. The molecule has 0 aromatic carbocycles. The van der Waals surface area contributed by atoms with Gasteiger partial charge in [0.2, 0.25) is 0 Å². The zero-order valence-electron chi connectivity index (χ0n) is 3.89. The summed E-state index contributed by atoms with van der Waals surface area (Å²) in [6.07, 6.45) is 1.31. The average molecular weight is 167 g/mol. The van der Waals surface area contributed by atoms with Crippen molar-refractivity contribution in [3.8, 4) is 0 Å². The van der Waals surface area contributed by atoms with Crippen LogP contribution in [0.3, 0.4) is 0 Å². The van der Waals surface area contributed by atoms with E-state index in [1.165, 1.54) is 0 Å². The van der Waals surface area contributed by atoms with Crippen LogP contribution in [0.5, 0.6) is 0 Å². The molecule has 1 atom stereocenters. The molecule has 0 N–H and O–H groups in total. The van der Waals surface area contributed by atoms with Crippen LogP contribution in [0.4, 0.5) is 0 Å². The molecule has 1 saturated heterocycles. The number of rotatable bonds is 1. The minimum Gasteiger partial charge on any atom is -0.236 e. The molecule has 0 saturated carbocycles. The van der Waals surface area contributed by atoms with Crippen molar-refractivity contribution in [2.75, 3.05) is 11.9 Å². The lowest BCUT2D eigenvalue weighted by atomic mass is 10.3. The van der Waals surface area contributed by atoms with Crippen molar-refractivity contribution in [3.63, 3.8) is 0 Å². The fourth-order valence-corrected chi connectivity index (χ4v) is 0.907. The highest BCUT2D eigenvalue weighted by Crippen LogP contribution is 2.09. The fraction of sp³-hybridized carbons (Fsp3) is 1.00. The zero-order valence-corrected chi connectivity index (χ0v) is 5.48. The first-order valence-corrected chi connectivity index (χ1v) is 3.40. The van der Waals surface area contributed by atoms with Gasteiger partial charge in [-0.2, -0.15) is 0 Å². The van der Waals surface area contributed by atoms with E-state index in [0.717, 1.165) is 18.4 Å². The highest BCUT2D eigenvalue weighted by molar-refractivity contribution is 9.09. The van der Waals surface area contributed by atoms with E-state index in [-0.39, 0.29) is 0 Å². The zero-order chi connectivity index (χ0) is 5.11. The van der Waals surface area contributed by atoms with Gasteiger partial charge < -0.3 is 0 Å². The number of alkyl halides is 1. The summed E-state index contributed by atoms with van der Waals surface area (Å²) >= 11 is 3.27. The van der Waals surface area contributed by atoms with Crippen LogP contribution in [0.15, 0.2) is 0 Å². The lowest BCUT2D eigenvalue weighted by molar-refractivity contribution is -0.269. The van der Waals surface area contributed by atoms with Crippen LogP contribution in [-0.2, 0) is 9.78 Å². The molecule has 1 heterocycles. The third-order valence-corrected chi connectivity index (χ3v) is 1.62. The summed E-state index contributed by atoms with van der Waals surface area (Å²) in [5.41, 5.74) is 0. The van der Waals surface area contributed by atoms with Gasteiger partial charge in [-0.25, -0.2) is 9.78 Å². The molecule has 0 aliphatic carbocycles. The third-order valence-electron chi connectivity index (χ3n) is 0.899. The van der Waals surface area contributed by atoms with Crippen molar-refractivity contribution in [2.24, 2.45) is 0 Å². The van der Waals surface area contributed by atoms with E-state index in [0.29, 0.717) is 6.10 Å². The van der Waals surface area contributed by atoms with Crippen molar-refractivity contribution in [2.45, 2.75) is 12.5 Å². The second kappa shape index (κ2) is 2.64. The largest absolute Gasteiger partial charge is 0.236 e. The molecule has 0 amide bonds. The Hall–Kier alpha value is 0.400. The van der Waals surface area contributed by atoms with Gasteiger partial charge in [-0.1, -0.05) is 15.9 Å². The fourth-order valence-electron chi connectivity index (χ4n) is 0.475. The van der Waals surface area contributed by atoms with Crippen molar-refractivity contribution in [1.29, 1.82) is 0 Å². The number of hydrogen-bond acceptors (Lipinski definition) is 2. The molecular formula is C4H7BrO2. The topological polar surface area (TPSA) is 18.5 Å². The molecule has 7 heavy (non-hydrogen) atoms. The Morgan fingerprint density at radius 2 is 2.57 bits per heavy atom. The molecule has 1 aliphatic rings. The monoisotopic (exact) mass is 166 g/mol. The molecule has 1 rings (SSSR count). The molecule has 3 heteroatoms. The van der Waals surface area contributed by atoms with Crippen LogP contribution >= 0.6 is 15.9 Å². The van der Waals surface area contributed by atoms with Gasteiger partial charge in [0.1, 0.15) is 6.10 Å². The van der Waals surface area contributed by atoms with Crippen molar-refractivity contribution >= 4 is 15.9 Å². The van der Waals surface area contributed by atoms with E-state index < -0.39 is 0 Å². The van der Waals surface area contributed by atoms with Gasteiger partial charge in [0.25, 0.3) is 0 Å². The maximum atomic E-state index is 4.76. The number of halogens is 1. The second-order valence-electron chi connectivity index (χ2n) is 1.48. The molecule has 1 fully saturated rings. The van der Waals surface area contributed by atoms with Crippen LogP contribution in [0.25, 0.3) is 0 Å². The van der Waals surface area contributed by atoms with E-state index in [1.54, 1.807) is 0 Å². The summed E-state index contributed by atoms with van der Waals surface area (Å²) in [4.78, 5) is 9.37. The highest BCUT2D eigenvalue weighted by Gasteiger charge is 2.14. The molecule has 42 valence electrons. The summed E-state index contributed by atoms with van der Waals surface area (Å²) in [6.45, 7) is 0.746. The Labute approximate surface area is 50.9 Å². The molecular weight excluding hydrogens is 160 g/mol. The van der Waals surface area contributed by atoms with Crippen LogP contribution in [-0.4, -0.2) is 18.0 Å². The quantitative estimate of drug-likeness (QED) is 0.430. The van der Waals surface area contributed by atoms with Gasteiger partial charge in [0.15, 0.2) is 0 Å². The smallest absolute Gasteiger partial charge is 0.105 e. The third kappa shape index (κ3) is 1.40. The Balaban J connectivity index is 2.14. The maximum Gasteiger partial charge on any atom is 0.105 e. The van der Waals surface area contributed by atoms with Gasteiger partial charge in [-0.3, -0.25) is 0 Å². The first-order valence-electron chi connectivity index (χ1n) is 2.27. The molecule has 0 radical (unpaired) electrons. The van der Waals surface area contributed by atoms with Gasteiger partial charge in [-0.05, 0) is 0 Å². The molecule has 2 nitrogen and oxygen atoms in total. The molecule has 0 aromatic heterocycles. The van der Waals surface area contributed by atoms with Crippen molar-refractivity contribution in [3.05, 3.63) is 0 Å². The normalized spacial score (nSPS) is 31.3. The van der Waals surface area contributed by atoms with Crippen LogP contribution in [0, 0.1) is 0 Å². The highest BCUT2D eigenvalue weighted by atomic mass is 79.9. The average Bonchev–Trinajstić information content (AvgIpc) is 2.14. The van der Waals surface area contributed by atoms with E-state index in [2.05, 4.69) is 20.8 Å². The minimum atomic E-state index is 0.292.